The number of amides is 1. The summed E-state index contributed by atoms with van der Waals surface area (Å²) in [7, 11) is 0. The lowest BCUT2D eigenvalue weighted by Crippen LogP contribution is -2.23. The maximum absolute atomic E-state index is 12.4. The van der Waals surface area contributed by atoms with Crippen molar-refractivity contribution >= 4 is 23.4 Å². The molecule has 4 rings (SSSR count). The zero-order valence-corrected chi connectivity index (χ0v) is 19.3. The highest BCUT2D eigenvalue weighted by Gasteiger charge is 2.15. The summed E-state index contributed by atoms with van der Waals surface area (Å²) in [5.74, 6) is 0.657. The number of nitrogens with zero attached hydrogens (tertiary/aromatic N) is 5. The number of thioether (sulfide) groups is 1. The predicted molar refractivity (Wildman–Crippen MR) is 123 cm³/mol. The summed E-state index contributed by atoms with van der Waals surface area (Å²) in [5.41, 5.74) is 5.43. The molecule has 1 amide bonds. The summed E-state index contributed by atoms with van der Waals surface area (Å²) in [6.45, 7) is 7.96. The van der Waals surface area contributed by atoms with Crippen molar-refractivity contribution in [3.8, 4) is 0 Å². The molecule has 1 aliphatic heterocycles. The quantitative estimate of drug-likeness (QED) is 0.544. The fourth-order valence-corrected chi connectivity index (χ4v) is 4.46. The Balaban J connectivity index is 1.30. The van der Waals surface area contributed by atoms with Gasteiger partial charge in [-0.3, -0.25) is 9.69 Å². The number of benzene rings is 1. The lowest BCUT2D eigenvalue weighted by atomic mass is 10.1. The molecule has 0 saturated carbocycles. The number of hydrogen-bond acceptors (Lipinski definition) is 6. The van der Waals surface area contributed by atoms with E-state index < -0.39 is 0 Å². The molecule has 0 unspecified atom stereocenters. The summed E-state index contributed by atoms with van der Waals surface area (Å²) >= 11 is 1.50. The van der Waals surface area contributed by atoms with E-state index in [4.69, 9.17) is 0 Å². The topological polar surface area (TPSA) is 75.4 Å². The SMILES string of the molecule is CSc1nc2nc(C)c(CCC(=O)NCc3ccc(CN4CCCC4)cc3)c(C)n2n1. The van der Waals surface area contributed by atoms with Gasteiger partial charge < -0.3 is 5.32 Å². The Morgan fingerprint density at radius 3 is 2.52 bits per heavy atom. The van der Waals surface area contributed by atoms with Crippen LogP contribution in [0, 0.1) is 13.8 Å². The third-order valence-electron chi connectivity index (χ3n) is 5.93. The Hall–Kier alpha value is -2.45. The molecule has 1 fully saturated rings. The zero-order valence-electron chi connectivity index (χ0n) is 18.5. The Labute approximate surface area is 187 Å². The highest BCUT2D eigenvalue weighted by atomic mass is 32.2. The van der Waals surface area contributed by atoms with Gasteiger partial charge in [0.15, 0.2) is 0 Å². The molecule has 1 aliphatic rings. The van der Waals surface area contributed by atoms with E-state index in [2.05, 4.69) is 49.5 Å². The van der Waals surface area contributed by atoms with E-state index in [-0.39, 0.29) is 5.91 Å². The second-order valence-electron chi connectivity index (χ2n) is 8.15. The summed E-state index contributed by atoms with van der Waals surface area (Å²) in [5, 5.41) is 8.23. The molecule has 0 spiro atoms. The minimum atomic E-state index is 0.0448. The standard InChI is InChI=1S/C23H30N6OS/c1-16-20(17(2)29-22(25-16)26-23(27-29)31-3)10-11-21(30)24-14-18-6-8-19(9-7-18)15-28-12-4-5-13-28/h6-9H,4-5,10-15H2,1-3H3,(H,24,30). The van der Waals surface area contributed by atoms with E-state index in [1.165, 1.54) is 43.3 Å². The zero-order chi connectivity index (χ0) is 21.8. The van der Waals surface area contributed by atoms with Gasteiger partial charge in [-0.25, -0.2) is 9.50 Å². The number of carbonyl (C=O) groups excluding carboxylic acids is 1. The van der Waals surface area contributed by atoms with Crippen LogP contribution >= 0.6 is 11.8 Å². The second kappa shape index (κ2) is 9.78. The average molecular weight is 439 g/mol. The number of aromatic nitrogens is 4. The number of carbonyl (C=O) groups is 1. The average Bonchev–Trinajstić information content (AvgIpc) is 3.42. The maximum Gasteiger partial charge on any atom is 0.253 e. The van der Waals surface area contributed by atoms with Crippen LogP contribution in [0.15, 0.2) is 29.4 Å². The van der Waals surface area contributed by atoms with E-state index >= 15 is 0 Å². The molecule has 7 nitrogen and oxygen atoms in total. The van der Waals surface area contributed by atoms with Crippen molar-refractivity contribution in [1.82, 2.24) is 29.8 Å². The Bertz CT molecular complexity index is 1060. The van der Waals surface area contributed by atoms with Gasteiger partial charge in [-0.1, -0.05) is 36.0 Å². The van der Waals surface area contributed by atoms with Gasteiger partial charge in [0, 0.05) is 30.9 Å². The first-order valence-electron chi connectivity index (χ1n) is 10.9. The molecule has 2 aromatic heterocycles. The lowest BCUT2D eigenvalue weighted by Gasteiger charge is -2.14. The first kappa shape index (κ1) is 21.8. The molecule has 3 aromatic rings. The Morgan fingerprint density at radius 2 is 1.81 bits per heavy atom. The van der Waals surface area contributed by atoms with E-state index in [0.29, 0.717) is 30.3 Å². The van der Waals surface area contributed by atoms with Crippen molar-refractivity contribution in [1.29, 1.82) is 0 Å². The molecule has 0 aliphatic carbocycles. The largest absolute Gasteiger partial charge is 0.352 e. The molecule has 1 aromatic carbocycles. The number of rotatable bonds is 8. The predicted octanol–water partition coefficient (Wildman–Crippen LogP) is 3.31. The van der Waals surface area contributed by atoms with E-state index in [9.17, 15) is 4.79 Å². The first-order chi connectivity index (χ1) is 15.0. The summed E-state index contributed by atoms with van der Waals surface area (Å²) in [4.78, 5) is 23.9. The lowest BCUT2D eigenvalue weighted by molar-refractivity contribution is -0.121. The van der Waals surface area contributed by atoms with Crippen molar-refractivity contribution in [3.63, 3.8) is 0 Å². The summed E-state index contributed by atoms with van der Waals surface area (Å²) in [6, 6.07) is 8.58. The van der Waals surface area contributed by atoms with Crippen LogP contribution in [0.4, 0.5) is 0 Å². The monoisotopic (exact) mass is 438 g/mol. The molecule has 31 heavy (non-hydrogen) atoms. The van der Waals surface area contributed by atoms with Crippen LogP contribution in [-0.4, -0.2) is 49.7 Å². The van der Waals surface area contributed by atoms with Gasteiger partial charge in [-0.2, -0.15) is 4.98 Å². The molecular formula is C23H30N6OS. The fourth-order valence-electron chi connectivity index (χ4n) is 4.13. The van der Waals surface area contributed by atoms with Crippen LogP contribution in [0.3, 0.4) is 0 Å². The molecule has 0 radical (unpaired) electrons. The third-order valence-corrected chi connectivity index (χ3v) is 6.47. The smallest absolute Gasteiger partial charge is 0.253 e. The molecule has 164 valence electrons. The number of likely N-dealkylation sites (tertiary alicyclic amines) is 1. The number of nitrogens with one attached hydrogen (secondary N) is 1. The van der Waals surface area contributed by atoms with Gasteiger partial charge in [0.05, 0.1) is 0 Å². The normalized spacial score (nSPS) is 14.4. The molecule has 0 bridgehead atoms. The number of aryl methyl sites for hydroxylation is 2. The van der Waals surface area contributed by atoms with E-state index in [1.54, 1.807) is 4.52 Å². The molecule has 1 N–H and O–H groups in total. The highest BCUT2D eigenvalue weighted by molar-refractivity contribution is 7.98. The van der Waals surface area contributed by atoms with Crippen LogP contribution in [0.1, 0.15) is 47.3 Å². The summed E-state index contributed by atoms with van der Waals surface area (Å²) < 4.78 is 1.77. The van der Waals surface area contributed by atoms with Gasteiger partial charge in [-0.05, 0) is 69.1 Å². The summed E-state index contributed by atoms with van der Waals surface area (Å²) in [6.07, 6.45) is 5.63. The van der Waals surface area contributed by atoms with Crippen molar-refractivity contribution in [2.75, 3.05) is 19.3 Å². The van der Waals surface area contributed by atoms with Crippen LogP contribution < -0.4 is 5.32 Å². The van der Waals surface area contributed by atoms with E-state index in [0.717, 1.165) is 29.1 Å². The highest BCUT2D eigenvalue weighted by Crippen LogP contribution is 2.18. The van der Waals surface area contributed by atoms with Crippen molar-refractivity contribution in [2.45, 2.75) is 57.8 Å². The van der Waals surface area contributed by atoms with Crippen LogP contribution in [-0.2, 0) is 24.3 Å². The second-order valence-corrected chi connectivity index (χ2v) is 8.92. The molecule has 1 saturated heterocycles. The van der Waals surface area contributed by atoms with Gasteiger partial charge in [0.25, 0.3) is 5.78 Å². The van der Waals surface area contributed by atoms with Crippen LogP contribution in [0.5, 0.6) is 0 Å². The van der Waals surface area contributed by atoms with Crippen LogP contribution in [0.25, 0.3) is 5.78 Å². The third kappa shape index (κ3) is 5.25. The minimum absolute atomic E-state index is 0.0448. The first-order valence-corrected chi connectivity index (χ1v) is 12.1. The number of hydrogen-bond donors (Lipinski definition) is 1. The van der Waals surface area contributed by atoms with Gasteiger partial charge in [0.1, 0.15) is 0 Å². The minimum Gasteiger partial charge on any atom is -0.352 e. The van der Waals surface area contributed by atoms with Gasteiger partial charge in [-0.15, -0.1) is 5.10 Å². The Morgan fingerprint density at radius 1 is 1.10 bits per heavy atom. The maximum atomic E-state index is 12.4. The van der Waals surface area contributed by atoms with Crippen molar-refractivity contribution in [3.05, 3.63) is 52.3 Å². The fraction of sp³-hybridized carbons (Fsp3) is 0.478. The molecule has 0 atom stereocenters. The van der Waals surface area contributed by atoms with Gasteiger partial charge >= 0.3 is 0 Å². The number of fused-ring (bicyclic) bond motifs is 1. The Kier molecular flexibility index (Phi) is 6.87. The van der Waals surface area contributed by atoms with Crippen LogP contribution in [0.2, 0.25) is 0 Å². The van der Waals surface area contributed by atoms with Crippen molar-refractivity contribution < 1.29 is 4.79 Å². The molecular weight excluding hydrogens is 408 g/mol. The van der Waals surface area contributed by atoms with Crippen molar-refractivity contribution in [2.24, 2.45) is 0 Å². The van der Waals surface area contributed by atoms with E-state index in [1.807, 2.05) is 20.1 Å². The van der Waals surface area contributed by atoms with Gasteiger partial charge in [0.2, 0.25) is 11.1 Å². The molecule has 3 heterocycles. The molecule has 8 heteroatoms.